The molecule has 7 nitrogen and oxygen atoms in total. The molecular formula is C20H21FN6O. The van der Waals surface area contributed by atoms with E-state index in [4.69, 9.17) is 4.74 Å². The molecule has 1 aliphatic rings. The maximum Gasteiger partial charge on any atom is 0.227 e. The Balaban J connectivity index is 1.53. The van der Waals surface area contributed by atoms with Crippen molar-refractivity contribution in [1.29, 1.82) is 0 Å². The maximum atomic E-state index is 13.1. The van der Waals surface area contributed by atoms with Crippen LogP contribution in [0.3, 0.4) is 0 Å². The molecule has 3 heterocycles. The summed E-state index contributed by atoms with van der Waals surface area (Å²) in [5.74, 6) is 1.55. The molecule has 1 N–H and O–H groups in total. The first-order chi connectivity index (χ1) is 13.6. The van der Waals surface area contributed by atoms with Crippen molar-refractivity contribution in [2.75, 3.05) is 23.3 Å². The van der Waals surface area contributed by atoms with Crippen molar-refractivity contribution < 1.29 is 9.13 Å². The molecule has 1 aromatic carbocycles. The molecule has 4 rings (SSSR count). The molecule has 0 bridgehead atoms. The fraction of sp³-hybridized carbons (Fsp3) is 0.300. The first-order valence-electron chi connectivity index (χ1n) is 9.16. The van der Waals surface area contributed by atoms with Gasteiger partial charge in [0.2, 0.25) is 5.95 Å². The number of anilines is 3. The van der Waals surface area contributed by atoms with Crippen molar-refractivity contribution in [3.63, 3.8) is 0 Å². The lowest BCUT2D eigenvalue weighted by Gasteiger charge is -2.35. The van der Waals surface area contributed by atoms with Gasteiger partial charge in [0.05, 0.1) is 18.4 Å². The van der Waals surface area contributed by atoms with Gasteiger partial charge in [0.1, 0.15) is 11.6 Å². The SMILES string of the molecule is C[C@@H]1CN(c2nccc(Nc3cc(-c4ccc(F)cc4)cnn3)n2)C[C@H](C)O1. The minimum absolute atomic E-state index is 0.127. The van der Waals surface area contributed by atoms with Crippen molar-refractivity contribution in [2.24, 2.45) is 0 Å². The van der Waals surface area contributed by atoms with Crippen molar-refractivity contribution in [3.05, 3.63) is 54.6 Å². The molecule has 8 heteroatoms. The summed E-state index contributed by atoms with van der Waals surface area (Å²) in [7, 11) is 0. The number of hydrogen-bond acceptors (Lipinski definition) is 7. The summed E-state index contributed by atoms with van der Waals surface area (Å²) in [6.07, 6.45) is 3.61. The van der Waals surface area contributed by atoms with Crippen LogP contribution in [0.25, 0.3) is 11.1 Å². The zero-order valence-electron chi connectivity index (χ0n) is 15.7. The highest BCUT2D eigenvalue weighted by Gasteiger charge is 2.24. The van der Waals surface area contributed by atoms with Gasteiger partial charge in [-0.15, -0.1) is 5.10 Å². The van der Waals surface area contributed by atoms with E-state index in [9.17, 15) is 4.39 Å². The van der Waals surface area contributed by atoms with Crippen molar-refractivity contribution >= 4 is 17.6 Å². The van der Waals surface area contributed by atoms with Crippen LogP contribution in [0.15, 0.2) is 48.8 Å². The Morgan fingerprint density at radius 1 is 1.04 bits per heavy atom. The number of nitrogens with one attached hydrogen (secondary N) is 1. The molecule has 0 unspecified atom stereocenters. The Morgan fingerprint density at radius 2 is 1.79 bits per heavy atom. The average Bonchev–Trinajstić information content (AvgIpc) is 2.68. The fourth-order valence-corrected chi connectivity index (χ4v) is 3.27. The zero-order chi connectivity index (χ0) is 19.5. The van der Waals surface area contributed by atoms with E-state index in [0.29, 0.717) is 17.6 Å². The third kappa shape index (κ3) is 4.23. The second-order valence-corrected chi connectivity index (χ2v) is 6.87. The first-order valence-corrected chi connectivity index (χ1v) is 9.16. The molecule has 1 saturated heterocycles. The minimum atomic E-state index is -0.274. The van der Waals surface area contributed by atoms with Crippen LogP contribution >= 0.6 is 0 Å². The van der Waals surface area contributed by atoms with Crippen molar-refractivity contribution in [3.8, 4) is 11.1 Å². The number of rotatable bonds is 4. The van der Waals surface area contributed by atoms with E-state index in [0.717, 1.165) is 24.2 Å². The summed E-state index contributed by atoms with van der Waals surface area (Å²) in [6, 6.07) is 9.89. The van der Waals surface area contributed by atoms with Gasteiger partial charge >= 0.3 is 0 Å². The predicted molar refractivity (Wildman–Crippen MR) is 105 cm³/mol. The number of benzene rings is 1. The monoisotopic (exact) mass is 380 g/mol. The van der Waals surface area contributed by atoms with E-state index in [1.54, 1.807) is 30.6 Å². The summed E-state index contributed by atoms with van der Waals surface area (Å²) < 4.78 is 18.9. The highest BCUT2D eigenvalue weighted by atomic mass is 19.1. The Kier molecular flexibility index (Phi) is 5.12. The van der Waals surface area contributed by atoms with Crippen LogP contribution in [0.4, 0.5) is 22.0 Å². The highest BCUT2D eigenvalue weighted by Crippen LogP contribution is 2.23. The second kappa shape index (κ2) is 7.85. The Bertz CT molecular complexity index is 941. The molecule has 28 heavy (non-hydrogen) atoms. The quantitative estimate of drug-likeness (QED) is 0.743. The number of aromatic nitrogens is 4. The summed E-state index contributed by atoms with van der Waals surface area (Å²) in [5.41, 5.74) is 1.70. The second-order valence-electron chi connectivity index (χ2n) is 6.87. The van der Waals surface area contributed by atoms with Crippen molar-refractivity contribution in [2.45, 2.75) is 26.1 Å². The summed E-state index contributed by atoms with van der Waals surface area (Å²) >= 11 is 0. The van der Waals surface area contributed by atoms with E-state index >= 15 is 0 Å². The molecule has 2 aromatic heterocycles. The minimum Gasteiger partial charge on any atom is -0.372 e. The normalized spacial score (nSPS) is 19.5. The molecule has 2 atom stereocenters. The molecule has 0 amide bonds. The number of morpholine rings is 1. The van der Waals surface area contributed by atoms with E-state index in [1.807, 2.05) is 19.9 Å². The van der Waals surface area contributed by atoms with Gasteiger partial charge < -0.3 is 15.0 Å². The van der Waals surface area contributed by atoms with Crippen molar-refractivity contribution in [1.82, 2.24) is 20.2 Å². The smallest absolute Gasteiger partial charge is 0.227 e. The van der Waals surface area contributed by atoms with Crippen LogP contribution in [0.1, 0.15) is 13.8 Å². The molecule has 1 aliphatic heterocycles. The van der Waals surface area contributed by atoms with E-state index in [2.05, 4.69) is 30.4 Å². The molecule has 0 radical (unpaired) electrons. The van der Waals surface area contributed by atoms with Gasteiger partial charge in [-0.05, 0) is 43.7 Å². The largest absolute Gasteiger partial charge is 0.372 e. The predicted octanol–water partition coefficient (Wildman–Crippen LogP) is 3.43. The Hall–Kier alpha value is -3.13. The molecule has 0 aliphatic carbocycles. The van der Waals surface area contributed by atoms with Crippen LogP contribution in [-0.2, 0) is 4.74 Å². The van der Waals surface area contributed by atoms with E-state index in [1.165, 1.54) is 12.1 Å². The third-order valence-electron chi connectivity index (χ3n) is 4.43. The standard InChI is InChI=1S/C20H21FN6O/c1-13-11-27(12-14(2)28-13)20-22-8-7-18(25-20)24-19-9-16(10-23-26-19)15-3-5-17(21)6-4-15/h3-10,13-14H,11-12H2,1-2H3,(H,22,24,25,26)/t13-,14+. The topological polar surface area (TPSA) is 76.1 Å². The summed E-state index contributed by atoms with van der Waals surface area (Å²) in [4.78, 5) is 11.1. The highest BCUT2D eigenvalue weighted by molar-refractivity contribution is 5.66. The van der Waals surface area contributed by atoms with Crippen LogP contribution in [0.2, 0.25) is 0 Å². The van der Waals surface area contributed by atoms with Gasteiger partial charge in [-0.25, -0.2) is 9.37 Å². The maximum absolute atomic E-state index is 13.1. The van der Waals surface area contributed by atoms with Gasteiger partial charge in [0.25, 0.3) is 0 Å². The van der Waals surface area contributed by atoms with Crippen LogP contribution in [0.5, 0.6) is 0 Å². The van der Waals surface area contributed by atoms with Gasteiger partial charge in [-0.1, -0.05) is 12.1 Å². The van der Waals surface area contributed by atoms with Gasteiger partial charge in [-0.3, -0.25) is 0 Å². The first kappa shape index (κ1) is 18.2. The molecule has 1 fully saturated rings. The number of hydrogen-bond donors (Lipinski definition) is 1. The van der Waals surface area contributed by atoms with E-state index in [-0.39, 0.29) is 18.0 Å². The summed E-state index contributed by atoms with van der Waals surface area (Å²) in [6.45, 7) is 5.57. The number of nitrogens with zero attached hydrogens (tertiary/aromatic N) is 5. The lowest BCUT2D eigenvalue weighted by Crippen LogP contribution is -2.46. The molecule has 3 aromatic rings. The third-order valence-corrected chi connectivity index (χ3v) is 4.43. The van der Waals surface area contributed by atoms with Crippen LogP contribution < -0.4 is 10.2 Å². The van der Waals surface area contributed by atoms with Crippen LogP contribution in [-0.4, -0.2) is 45.5 Å². The zero-order valence-corrected chi connectivity index (χ0v) is 15.7. The molecular weight excluding hydrogens is 359 g/mol. The Morgan fingerprint density at radius 3 is 2.54 bits per heavy atom. The molecule has 0 spiro atoms. The lowest BCUT2D eigenvalue weighted by molar-refractivity contribution is -0.00571. The molecule has 0 saturated carbocycles. The van der Waals surface area contributed by atoms with Crippen LogP contribution in [0, 0.1) is 5.82 Å². The van der Waals surface area contributed by atoms with Gasteiger partial charge in [-0.2, -0.15) is 10.1 Å². The molecule has 144 valence electrons. The van der Waals surface area contributed by atoms with E-state index < -0.39 is 0 Å². The van der Waals surface area contributed by atoms with Gasteiger partial charge in [0.15, 0.2) is 5.82 Å². The average molecular weight is 380 g/mol. The fourth-order valence-electron chi connectivity index (χ4n) is 3.27. The van der Waals surface area contributed by atoms with Gasteiger partial charge in [0, 0.05) is 24.8 Å². The lowest BCUT2D eigenvalue weighted by atomic mass is 10.1. The number of ether oxygens (including phenoxy) is 1. The summed E-state index contributed by atoms with van der Waals surface area (Å²) in [5, 5.41) is 11.3. The number of halogens is 1. The Labute approximate surface area is 162 Å².